The van der Waals surface area contributed by atoms with E-state index in [1.54, 1.807) is 23.2 Å². The van der Waals surface area contributed by atoms with Gasteiger partial charge in [-0.15, -0.1) is 0 Å². The largest absolute Gasteiger partial charge is 0.370 e. The van der Waals surface area contributed by atoms with Crippen molar-refractivity contribution in [1.29, 1.82) is 0 Å². The number of amides is 2. The predicted molar refractivity (Wildman–Crippen MR) is 101 cm³/mol. The number of morpholine rings is 1. The molecular weight excluding hydrogens is 347 g/mol. The van der Waals surface area contributed by atoms with Gasteiger partial charge in [-0.1, -0.05) is 12.1 Å². The molecule has 0 radical (unpaired) electrons. The van der Waals surface area contributed by atoms with Gasteiger partial charge in [0.2, 0.25) is 0 Å². The van der Waals surface area contributed by atoms with Gasteiger partial charge in [0.05, 0.1) is 18.8 Å². The van der Waals surface area contributed by atoms with E-state index in [4.69, 9.17) is 4.74 Å². The topological polar surface area (TPSA) is 57.7 Å². The summed E-state index contributed by atoms with van der Waals surface area (Å²) >= 11 is 0. The van der Waals surface area contributed by atoms with Crippen LogP contribution in [0.3, 0.4) is 0 Å². The fourth-order valence-corrected chi connectivity index (χ4v) is 3.58. The number of halogens is 1. The third kappa shape index (κ3) is 4.03. The Hall–Kier alpha value is -2.67. The summed E-state index contributed by atoms with van der Waals surface area (Å²) in [6.45, 7) is 3.31. The van der Waals surface area contributed by atoms with Crippen LogP contribution in [-0.4, -0.2) is 48.7 Å². The van der Waals surface area contributed by atoms with Gasteiger partial charge in [0.15, 0.2) is 5.82 Å². The first-order valence-corrected chi connectivity index (χ1v) is 9.34. The highest BCUT2D eigenvalue weighted by atomic mass is 19.1. The van der Waals surface area contributed by atoms with Crippen LogP contribution >= 0.6 is 0 Å². The third-order valence-electron chi connectivity index (χ3n) is 5.03. The SMILES string of the molecule is O=C(Nc1cccnc1N1CCCC1)N1CCOC(c2ccc(F)cc2)C1. The highest BCUT2D eigenvalue weighted by Crippen LogP contribution is 2.27. The highest BCUT2D eigenvalue weighted by Gasteiger charge is 2.26. The zero-order valence-electron chi connectivity index (χ0n) is 15.1. The normalized spacial score (nSPS) is 20.0. The third-order valence-corrected chi connectivity index (χ3v) is 5.03. The number of carbonyl (C=O) groups is 1. The average Bonchev–Trinajstić information content (AvgIpc) is 3.24. The molecule has 6 nitrogen and oxygen atoms in total. The molecule has 1 aromatic heterocycles. The molecule has 142 valence electrons. The van der Waals surface area contributed by atoms with Crippen LogP contribution in [0.5, 0.6) is 0 Å². The van der Waals surface area contributed by atoms with E-state index in [0.717, 1.165) is 43.0 Å². The smallest absolute Gasteiger partial charge is 0.322 e. The number of urea groups is 1. The lowest BCUT2D eigenvalue weighted by atomic mass is 10.1. The van der Waals surface area contributed by atoms with Crippen molar-refractivity contribution >= 4 is 17.5 Å². The van der Waals surface area contributed by atoms with E-state index in [9.17, 15) is 9.18 Å². The number of ether oxygens (including phenoxy) is 1. The molecule has 2 aromatic rings. The van der Waals surface area contributed by atoms with Gasteiger partial charge in [-0.05, 0) is 42.7 Å². The molecular formula is C20H23FN4O2. The number of rotatable bonds is 3. The molecule has 2 saturated heterocycles. The summed E-state index contributed by atoms with van der Waals surface area (Å²) < 4.78 is 18.9. The molecule has 2 aliphatic rings. The molecule has 0 spiro atoms. The second kappa shape index (κ2) is 7.92. The molecule has 1 aromatic carbocycles. The highest BCUT2D eigenvalue weighted by molar-refractivity contribution is 5.92. The summed E-state index contributed by atoms with van der Waals surface area (Å²) in [4.78, 5) is 21.2. The molecule has 4 rings (SSSR count). The fourth-order valence-electron chi connectivity index (χ4n) is 3.58. The van der Waals surface area contributed by atoms with Crippen LogP contribution in [0, 0.1) is 5.82 Å². The number of carbonyl (C=O) groups excluding carboxylic acids is 1. The summed E-state index contributed by atoms with van der Waals surface area (Å²) in [5, 5.41) is 3.01. The van der Waals surface area contributed by atoms with E-state index in [2.05, 4.69) is 15.2 Å². The molecule has 7 heteroatoms. The van der Waals surface area contributed by atoms with Crippen LogP contribution in [-0.2, 0) is 4.74 Å². The fraction of sp³-hybridized carbons (Fsp3) is 0.400. The maximum absolute atomic E-state index is 13.1. The van der Waals surface area contributed by atoms with E-state index >= 15 is 0 Å². The van der Waals surface area contributed by atoms with Crippen molar-refractivity contribution in [1.82, 2.24) is 9.88 Å². The Morgan fingerprint density at radius 3 is 2.70 bits per heavy atom. The van der Waals surface area contributed by atoms with Crippen molar-refractivity contribution in [3.8, 4) is 0 Å². The van der Waals surface area contributed by atoms with Crippen molar-refractivity contribution in [3.05, 3.63) is 54.0 Å². The lowest BCUT2D eigenvalue weighted by Crippen LogP contribution is -2.44. The molecule has 2 amide bonds. The number of hydrogen-bond donors (Lipinski definition) is 1. The number of aromatic nitrogens is 1. The summed E-state index contributed by atoms with van der Waals surface area (Å²) in [6.07, 6.45) is 3.79. The number of pyridine rings is 1. The molecule has 0 saturated carbocycles. The maximum Gasteiger partial charge on any atom is 0.322 e. The van der Waals surface area contributed by atoms with E-state index in [1.165, 1.54) is 12.1 Å². The Kier molecular flexibility index (Phi) is 5.20. The Labute approximate surface area is 157 Å². The summed E-state index contributed by atoms with van der Waals surface area (Å²) in [5.74, 6) is 0.543. The molecule has 3 heterocycles. The zero-order chi connectivity index (χ0) is 18.6. The van der Waals surface area contributed by atoms with Crippen molar-refractivity contribution in [3.63, 3.8) is 0 Å². The van der Waals surface area contributed by atoms with E-state index < -0.39 is 0 Å². The number of anilines is 2. The van der Waals surface area contributed by atoms with Crippen LogP contribution in [0.25, 0.3) is 0 Å². The molecule has 0 aliphatic carbocycles. The van der Waals surface area contributed by atoms with Gasteiger partial charge in [0, 0.05) is 25.8 Å². The molecule has 1 atom stereocenters. The molecule has 27 heavy (non-hydrogen) atoms. The van der Waals surface area contributed by atoms with E-state index in [0.29, 0.717) is 19.7 Å². The van der Waals surface area contributed by atoms with Gasteiger partial charge < -0.3 is 19.9 Å². The summed E-state index contributed by atoms with van der Waals surface area (Å²) in [5.41, 5.74) is 1.60. The average molecular weight is 370 g/mol. The predicted octanol–water partition coefficient (Wildman–Crippen LogP) is 3.43. The van der Waals surface area contributed by atoms with Crippen LogP contribution in [0.2, 0.25) is 0 Å². The molecule has 2 aliphatic heterocycles. The van der Waals surface area contributed by atoms with Gasteiger partial charge in [0.25, 0.3) is 0 Å². The first-order valence-electron chi connectivity index (χ1n) is 9.34. The van der Waals surface area contributed by atoms with Crippen molar-refractivity contribution in [2.75, 3.05) is 43.0 Å². The molecule has 0 bridgehead atoms. The lowest BCUT2D eigenvalue weighted by molar-refractivity contribution is -0.0135. The van der Waals surface area contributed by atoms with Gasteiger partial charge in [0.1, 0.15) is 11.9 Å². The standard InChI is InChI=1S/C20H23FN4O2/c21-16-7-5-15(6-8-16)18-14-25(12-13-27-18)20(26)23-17-4-3-9-22-19(17)24-10-1-2-11-24/h3-9,18H,1-2,10-14H2,(H,23,26). The Bertz CT molecular complexity index is 793. The minimum absolute atomic E-state index is 0.168. The molecule has 1 unspecified atom stereocenters. The van der Waals surface area contributed by atoms with Crippen LogP contribution in [0.1, 0.15) is 24.5 Å². The van der Waals surface area contributed by atoms with Crippen molar-refractivity contribution in [2.24, 2.45) is 0 Å². The van der Waals surface area contributed by atoms with E-state index in [-0.39, 0.29) is 18.0 Å². The second-order valence-corrected chi connectivity index (χ2v) is 6.86. The first kappa shape index (κ1) is 17.7. The lowest BCUT2D eigenvalue weighted by Gasteiger charge is -2.33. The minimum atomic E-state index is -0.282. The van der Waals surface area contributed by atoms with Crippen LogP contribution in [0.15, 0.2) is 42.6 Å². The van der Waals surface area contributed by atoms with Crippen molar-refractivity contribution in [2.45, 2.75) is 18.9 Å². The first-order chi connectivity index (χ1) is 13.2. The Balaban J connectivity index is 1.44. The second-order valence-electron chi connectivity index (χ2n) is 6.86. The monoisotopic (exact) mass is 370 g/mol. The van der Waals surface area contributed by atoms with Gasteiger partial charge >= 0.3 is 6.03 Å². The number of nitrogens with zero attached hydrogens (tertiary/aromatic N) is 3. The summed E-state index contributed by atoms with van der Waals surface area (Å²) in [7, 11) is 0. The maximum atomic E-state index is 13.1. The van der Waals surface area contributed by atoms with Gasteiger partial charge in [-0.3, -0.25) is 0 Å². The number of nitrogens with one attached hydrogen (secondary N) is 1. The van der Waals surface area contributed by atoms with E-state index in [1.807, 2.05) is 12.1 Å². The Morgan fingerprint density at radius 1 is 1.15 bits per heavy atom. The van der Waals surface area contributed by atoms with Crippen LogP contribution < -0.4 is 10.2 Å². The van der Waals surface area contributed by atoms with Gasteiger partial charge in [-0.2, -0.15) is 0 Å². The molecule has 2 fully saturated rings. The Morgan fingerprint density at radius 2 is 1.93 bits per heavy atom. The molecule has 1 N–H and O–H groups in total. The zero-order valence-corrected chi connectivity index (χ0v) is 15.1. The van der Waals surface area contributed by atoms with Gasteiger partial charge in [-0.25, -0.2) is 14.2 Å². The number of hydrogen-bond acceptors (Lipinski definition) is 4. The minimum Gasteiger partial charge on any atom is -0.370 e. The van der Waals surface area contributed by atoms with Crippen LogP contribution in [0.4, 0.5) is 20.7 Å². The van der Waals surface area contributed by atoms with Crippen molar-refractivity contribution < 1.29 is 13.9 Å². The quantitative estimate of drug-likeness (QED) is 0.899. The number of benzene rings is 1. The summed E-state index contributed by atoms with van der Waals surface area (Å²) in [6, 6.07) is 9.78.